The lowest BCUT2D eigenvalue weighted by molar-refractivity contribution is -0.226. The van der Waals surface area contributed by atoms with E-state index in [2.05, 4.69) is 6.58 Å². The van der Waals surface area contributed by atoms with E-state index in [-0.39, 0.29) is 24.5 Å². The summed E-state index contributed by atoms with van der Waals surface area (Å²) in [5.41, 5.74) is -0.703. The van der Waals surface area contributed by atoms with Gasteiger partial charge in [-0.2, -0.15) is 0 Å². The van der Waals surface area contributed by atoms with E-state index >= 15 is 0 Å². The molecule has 0 amide bonds. The van der Waals surface area contributed by atoms with Crippen LogP contribution in [-0.4, -0.2) is 25.5 Å². The van der Waals surface area contributed by atoms with E-state index in [4.69, 9.17) is 14.2 Å². The minimum atomic E-state index is -1.74. The molecule has 138 valence electrons. The number of hydrogen-bond donors (Lipinski definition) is 0. The van der Waals surface area contributed by atoms with E-state index in [1.165, 1.54) is 24.3 Å². The number of alkyl halides is 1. The Morgan fingerprint density at radius 3 is 2.46 bits per heavy atom. The summed E-state index contributed by atoms with van der Waals surface area (Å²) < 4.78 is 58.3. The van der Waals surface area contributed by atoms with Gasteiger partial charge < -0.3 is 14.2 Å². The molecule has 2 aromatic carbocycles. The average molecular weight is 364 g/mol. The van der Waals surface area contributed by atoms with Crippen LogP contribution >= 0.6 is 0 Å². The molecule has 0 saturated carbocycles. The van der Waals surface area contributed by atoms with Crippen molar-refractivity contribution < 1.29 is 27.4 Å². The van der Waals surface area contributed by atoms with Gasteiger partial charge in [0.2, 0.25) is 0 Å². The van der Waals surface area contributed by atoms with Gasteiger partial charge in [-0.15, -0.1) is 0 Å². The summed E-state index contributed by atoms with van der Waals surface area (Å²) in [6, 6.07) is 8.63. The first-order valence-corrected chi connectivity index (χ1v) is 8.23. The number of hydrogen-bond acceptors (Lipinski definition) is 3. The fourth-order valence-corrected chi connectivity index (χ4v) is 2.68. The molecule has 1 aliphatic rings. The van der Waals surface area contributed by atoms with Gasteiger partial charge in [0.15, 0.2) is 23.5 Å². The molecule has 1 fully saturated rings. The molecule has 0 N–H and O–H groups in total. The number of halogens is 3. The van der Waals surface area contributed by atoms with Crippen molar-refractivity contribution in [2.75, 3.05) is 19.8 Å². The van der Waals surface area contributed by atoms with Crippen LogP contribution in [0, 0.1) is 11.6 Å². The largest absolute Gasteiger partial charge is 0.491 e. The third-order valence-corrected chi connectivity index (χ3v) is 4.12. The molecule has 0 aliphatic carbocycles. The lowest BCUT2D eigenvalue weighted by atomic mass is 10.0. The average Bonchev–Trinajstić information content (AvgIpc) is 2.64. The second-order valence-corrected chi connectivity index (χ2v) is 6.01. The molecule has 1 heterocycles. The van der Waals surface area contributed by atoms with Crippen molar-refractivity contribution in [2.45, 2.75) is 18.9 Å². The maximum absolute atomic E-state index is 14.5. The highest BCUT2D eigenvalue weighted by molar-refractivity contribution is 5.65. The lowest BCUT2D eigenvalue weighted by Crippen LogP contribution is -2.39. The van der Waals surface area contributed by atoms with Gasteiger partial charge in [0.05, 0.1) is 19.8 Å². The molecule has 0 aromatic heterocycles. The van der Waals surface area contributed by atoms with E-state index in [1.54, 1.807) is 19.1 Å². The predicted octanol–water partition coefficient (Wildman–Crippen LogP) is 4.97. The van der Waals surface area contributed by atoms with Gasteiger partial charge in [0.25, 0.3) is 0 Å². The van der Waals surface area contributed by atoms with Crippen molar-refractivity contribution in [1.29, 1.82) is 0 Å². The van der Waals surface area contributed by atoms with Crippen LogP contribution in [0.3, 0.4) is 0 Å². The van der Waals surface area contributed by atoms with E-state index < -0.39 is 23.6 Å². The maximum atomic E-state index is 14.5. The van der Waals surface area contributed by atoms with Crippen molar-refractivity contribution in [3.63, 3.8) is 0 Å². The minimum absolute atomic E-state index is 0.120. The molecule has 0 radical (unpaired) electrons. The molecule has 0 spiro atoms. The number of ether oxygens (including phenoxy) is 3. The Morgan fingerprint density at radius 1 is 1.15 bits per heavy atom. The van der Waals surface area contributed by atoms with Crippen LogP contribution in [0.2, 0.25) is 0 Å². The van der Waals surface area contributed by atoms with E-state index in [9.17, 15) is 13.2 Å². The Hall–Kier alpha value is -2.31. The summed E-state index contributed by atoms with van der Waals surface area (Å²) in [4.78, 5) is 0. The highest BCUT2D eigenvalue weighted by atomic mass is 19.1. The Labute approximate surface area is 150 Å². The maximum Gasteiger partial charge on any atom is 0.184 e. The monoisotopic (exact) mass is 364 g/mol. The molecular weight excluding hydrogens is 345 g/mol. The van der Waals surface area contributed by atoms with Crippen LogP contribution in [0.1, 0.15) is 18.8 Å². The Balaban J connectivity index is 1.80. The quantitative estimate of drug-likeness (QED) is 0.701. The van der Waals surface area contributed by atoms with E-state index in [1.807, 2.05) is 0 Å². The van der Waals surface area contributed by atoms with Crippen LogP contribution in [0.4, 0.5) is 13.2 Å². The van der Waals surface area contributed by atoms with E-state index in [0.29, 0.717) is 17.7 Å². The fourth-order valence-electron chi connectivity index (χ4n) is 2.68. The zero-order valence-corrected chi connectivity index (χ0v) is 14.3. The third kappa shape index (κ3) is 3.76. The zero-order valence-electron chi connectivity index (χ0n) is 14.3. The summed E-state index contributed by atoms with van der Waals surface area (Å²) in [5.74, 6) is -0.997. The third-order valence-electron chi connectivity index (χ3n) is 4.12. The van der Waals surface area contributed by atoms with Crippen LogP contribution < -0.4 is 4.74 Å². The summed E-state index contributed by atoms with van der Waals surface area (Å²) in [6.07, 6.45) is 0.271. The molecule has 26 heavy (non-hydrogen) atoms. The molecule has 0 atom stereocenters. The van der Waals surface area contributed by atoms with Crippen molar-refractivity contribution in [3.8, 4) is 16.9 Å². The van der Waals surface area contributed by atoms with Crippen LogP contribution in [-0.2, 0) is 9.47 Å². The fraction of sp³-hybridized carbons (Fsp3) is 0.300. The summed E-state index contributed by atoms with van der Waals surface area (Å²) in [6.45, 7) is 5.07. The Bertz CT molecular complexity index is 799. The Kier molecular flexibility index (Phi) is 5.34. The van der Waals surface area contributed by atoms with Crippen molar-refractivity contribution in [3.05, 3.63) is 66.3 Å². The molecule has 0 unspecified atom stereocenters. The van der Waals surface area contributed by atoms with Gasteiger partial charge in [0.1, 0.15) is 5.82 Å². The first-order valence-electron chi connectivity index (χ1n) is 8.23. The molecule has 2 aromatic rings. The van der Waals surface area contributed by atoms with Crippen molar-refractivity contribution >= 4 is 0 Å². The van der Waals surface area contributed by atoms with Gasteiger partial charge in [-0.25, -0.2) is 13.2 Å². The Morgan fingerprint density at radius 2 is 1.88 bits per heavy atom. The summed E-state index contributed by atoms with van der Waals surface area (Å²) >= 11 is 0. The first-order chi connectivity index (χ1) is 12.5. The lowest BCUT2D eigenvalue weighted by Gasteiger charge is -2.32. The topological polar surface area (TPSA) is 27.7 Å². The minimum Gasteiger partial charge on any atom is -0.491 e. The highest BCUT2D eigenvalue weighted by Crippen LogP contribution is 2.33. The SMILES string of the molecule is C=CC1(F)COC(c2ccc(-c3ccc(OCC)c(F)c3)c(F)c2)OC1. The normalized spacial score (nSPS) is 22.8. The second kappa shape index (κ2) is 7.51. The molecule has 3 nitrogen and oxygen atoms in total. The molecular formula is C20H19F3O3. The van der Waals surface area contributed by atoms with Crippen molar-refractivity contribution in [1.82, 2.24) is 0 Å². The zero-order chi connectivity index (χ0) is 18.7. The van der Waals surface area contributed by atoms with Crippen LogP contribution in [0.5, 0.6) is 5.75 Å². The second-order valence-electron chi connectivity index (χ2n) is 6.01. The molecule has 0 bridgehead atoms. The predicted molar refractivity (Wildman–Crippen MR) is 91.6 cm³/mol. The van der Waals surface area contributed by atoms with Crippen LogP contribution in [0.25, 0.3) is 11.1 Å². The molecule has 1 aliphatic heterocycles. The van der Waals surface area contributed by atoms with Gasteiger partial charge in [-0.1, -0.05) is 30.9 Å². The van der Waals surface area contributed by atoms with Gasteiger partial charge in [-0.05, 0) is 30.7 Å². The van der Waals surface area contributed by atoms with Gasteiger partial charge in [-0.3, -0.25) is 0 Å². The standard InChI is InChI=1S/C20H19F3O3/c1-3-20(23)11-25-19(26-12-20)14-5-7-15(16(21)10-14)13-6-8-18(24-4-2)17(22)9-13/h3,5-10,19H,1,4,11-12H2,2H3. The molecule has 1 saturated heterocycles. The molecule has 3 rings (SSSR count). The van der Waals surface area contributed by atoms with Gasteiger partial charge in [0, 0.05) is 11.1 Å². The summed E-state index contributed by atoms with van der Waals surface area (Å²) in [5, 5.41) is 0. The smallest absolute Gasteiger partial charge is 0.184 e. The molecule has 6 heteroatoms. The van der Waals surface area contributed by atoms with Crippen LogP contribution in [0.15, 0.2) is 49.1 Å². The van der Waals surface area contributed by atoms with E-state index in [0.717, 1.165) is 6.08 Å². The first kappa shape index (κ1) is 18.5. The highest BCUT2D eigenvalue weighted by Gasteiger charge is 2.35. The number of rotatable bonds is 5. The number of benzene rings is 2. The summed E-state index contributed by atoms with van der Waals surface area (Å²) in [7, 11) is 0. The van der Waals surface area contributed by atoms with Gasteiger partial charge >= 0.3 is 0 Å². The van der Waals surface area contributed by atoms with Crippen molar-refractivity contribution in [2.24, 2.45) is 0 Å².